The zero-order chi connectivity index (χ0) is 25.1. The summed E-state index contributed by atoms with van der Waals surface area (Å²) in [6.07, 6.45) is 0. The molecule has 2 amide bonds. The van der Waals surface area contributed by atoms with E-state index in [2.05, 4.69) is 21.0 Å². The first-order valence-electron chi connectivity index (χ1n) is 11.2. The number of nitrogens with one attached hydrogen (secondary N) is 2. The average molecular weight is 499 g/mol. The van der Waals surface area contributed by atoms with Gasteiger partial charge < -0.3 is 0 Å². The zero-order valence-electron chi connectivity index (χ0n) is 19.3. The van der Waals surface area contributed by atoms with Crippen LogP contribution in [-0.2, 0) is 11.3 Å². The number of thioether (sulfide) groups is 1. The van der Waals surface area contributed by atoms with E-state index in [0.717, 1.165) is 22.9 Å². The molecule has 3 aromatic carbocycles. The van der Waals surface area contributed by atoms with Crippen molar-refractivity contribution in [1.29, 1.82) is 0 Å². The molecule has 0 aliphatic rings. The number of hydrogen-bond acceptors (Lipinski definition) is 6. The third-order valence-electron chi connectivity index (χ3n) is 5.62. The smallest absolute Gasteiger partial charge is 0.269 e. The summed E-state index contributed by atoms with van der Waals surface area (Å²) < 4.78 is 3.37. The van der Waals surface area contributed by atoms with Gasteiger partial charge in [0.1, 0.15) is 0 Å². The molecule has 0 atom stereocenters. The molecular formula is C26H22N6O3S. The predicted octanol–water partition coefficient (Wildman–Crippen LogP) is 2.95. The minimum atomic E-state index is -0.409. The van der Waals surface area contributed by atoms with Crippen LogP contribution in [0.15, 0.2) is 88.8 Å². The van der Waals surface area contributed by atoms with Gasteiger partial charge >= 0.3 is 0 Å². The lowest BCUT2D eigenvalue weighted by atomic mass is 10.1. The number of aromatic nitrogens is 4. The summed E-state index contributed by atoms with van der Waals surface area (Å²) in [5.74, 6) is -0.438. The van der Waals surface area contributed by atoms with E-state index >= 15 is 0 Å². The Kier molecular flexibility index (Phi) is 6.50. The van der Waals surface area contributed by atoms with Gasteiger partial charge in [-0.1, -0.05) is 71.9 Å². The van der Waals surface area contributed by atoms with Crippen LogP contribution in [0.1, 0.15) is 21.5 Å². The first-order chi connectivity index (χ1) is 17.5. The Labute approximate surface area is 210 Å². The molecule has 0 aliphatic heterocycles. The first kappa shape index (κ1) is 23.3. The van der Waals surface area contributed by atoms with Gasteiger partial charge in [0.2, 0.25) is 11.7 Å². The summed E-state index contributed by atoms with van der Waals surface area (Å²) in [6, 6.07) is 23.8. The van der Waals surface area contributed by atoms with Crippen LogP contribution in [0.2, 0.25) is 0 Å². The number of hydrogen-bond donors (Lipinski definition) is 2. The van der Waals surface area contributed by atoms with Gasteiger partial charge in [-0.15, -0.1) is 10.2 Å². The molecule has 9 nitrogen and oxygen atoms in total. The number of benzene rings is 3. The zero-order valence-corrected chi connectivity index (χ0v) is 20.2. The van der Waals surface area contributed by atoms with Crippen molar-refractivity contribution in [3.63, 3.8) is 0 Å². The number of fused-ring (bicyclic) bond motifs is 3. The second-order valence-electron chi connectivity index (χ2n) is 8.17. The third kappa shape index (κ3) is 4.71. The minimum absolute atomic E-state index is 0.0126. The van der Waals surface area contributed by atoms with Gasteiger partial charge in [0.15, 0.2) is 5.16 Å². The highest BCUT2D eigenvalue weighted by Gasteiger charge is 2.18. The third-order valence-corrected chi connectivity index (χ3v) is 6.55. The number of carbonyl (C=O) groups is 2. The van der Waals surface area contributed by atoms with Crippen molar-refractivity contribution in [2.75, 3.05) is 5.75 Å². The van der Waals surface area contributed by atoms with Crippen molar-refractivity contribution in [3.05, 3.63) is 106 Å². The van der Waals surface area contributed by atoms with Crippen molar-refractivity contribution >= 4 is 40.3 Å². The summed E-state index contributed by atoms with van der Waals surface area (Å²) in [7, 11) is 0. The summed E-state index contributed by atoms with van der Waals surface area (Å²) in [6.45, 7) is 2.34. The molecule has 0 fully saturated rings. The SMILES string of the molecule is Cc1ccc(Cn2c(=O)c3ccccc3n3c(SCC(=O)NNC(=O)c4ccccc4)nnc23)cc1. The van der Waals surface area contributed by atoms with Crippen LogP contribution < -0.4 is 16.4 Å². The molecule has 0 aliphatic carbocycles. The number of rotatable bonds is 6. The van der Waals surface area contributed by atoms with Crippen LogP contribution in [0.25, 0.3) is 16.7 Å². The molecule has 2 aromatic heterocycles. The molecule has 0 saturated heterocycles. The number of aryl methyl sites for hydroxylation is 1. The molecule has 5 rings (SSSR count). The average Bonchev–Trinajstić information content (AvgIpc) is 3.34. The molecule has 180 valence electrons. The summed E-state index contributed by atoms with van der Waals surface area (Å²) >= 11 is 1.16. The lowest BCUT2D eigenvalue weighted by Crippen LogP contribution is -2.42. The van der Waals surface area contributed by atoms with Crippen LogP contribution in [0, 0.1) is 6.92 Å². The van der Waals surface area contributed by atoms with E-state index in [1.54, 1.807) is 45.4 Å². The Morgan fingerprint density at radius 1 is 0.889 bits per heavy atom. The van der Waals surface area contributed by atoms with Crippen LogP contribution in [0.3, 0.4) is 0 Å². The monoisotopic (exact) mass is 498 g/mol. The Balaban J connectivity index is 1.40. The van der Waals surface area contributed by atoms with Crippen molar-refractivity contribution in [2.24, 2.45) is 0 Å². The van der Waals surface area contributed by atoms with E-state index in [0.29, 0.717) is 33.9 Å². The van der Waals surface area contributed by atoms with Crippen molar-refractivity contribution < 1.29 is 9.59 Å². The van der Waals surface area contributed by atoms with Crippen molar-refractivity contribution in [3.8, 4) is 0 Å². The molecule has 5 aromatic rings. The largest absolute Gasteiger partial charge is 0.272 e. The number of nitrogens with zero attached hydrogens (tertiary/aromatic N) is 4. The topological polar surface area (TPSA) is 110 Å². The molecular weight excluding hydrogens is 476 g/mol. The molecule has 0 spiro atoms. The maximum Gasteiger partial charge on any atom is 0.269 e. The van der Waals surface area contributed by atoms with Gasteiger partial charge in [0.25, 0.3) is 11.5 Å². The fourth-order valence-electron chi connectivity index (χ4n) is 3.80. The van der Waals surface area contributed by atoms with Crippen LogP contribution in [-0.4, -0.2) is 36.7 Å². The quantitative estimate of drug-likeness (QED) is 0.275. The molecule has 0 saturated carbocycles. The Bertz CT molecular complexity index is 1630. The molecule has 0 radical (unpaired) electrons. The molecule has 0 unspecified atom stereocenters. The van der Waals surface area contributed by atoms with E-state index in [1.165, 1.54) is 0 Å². The highest BCUT2D eigenvalue weighted by Crippen LogP contribution is 2.22. The Morgan fingerprint density at radius 3 is 2.39 bits per heavy atom. The van der Waals surface area contributed by atoms with Crippen LogP contribution in [0.5, 0.6) is 0 Å². The lowest BCUT2D eigenvalue weighted by molar-refractivity contribution is -0.119. The highest BCUT2D eigenvalue weighted by molar-refractivity contribution is 7.99. The lowest BCUT2D eigenvalue weighted by Gasteiger charge is -2.12. The Hall–Kier alpha value is -4.44. The van der Waals surface area contributed by atoms with Gasteiger partial charge in [0.05, 0.1) is 23.2 Å². The maximum atomic E-state index is 13.3. The van der Waals surface area contributed by atoms with E-state index in [1.807, 2.05) is 49.4 Å². The number of hydrazine groups is 1. The molecule has 2 N–H and O–H groups in total. The van der Waals surface area contributed by atoms with Gasteiger partial charge in [0, 0.05) is 5.56 Å². The van der Waals surface area contributed by atoms with Crippen LogP contribution >= 0.6 is 11.8 Å². The summed E-state index contributed by atoms with van der Waals surface area (Å²) in [5.41, 5.74) is 7.84. The summed E-state index contributed by atoms with van der Waals surface area (Å²) in [4.78, 5) is 37.9. The normalized spacial score (nSPS) is 11.0. The molecule has 36 heavy (non-hydrogen) atoms. The van der Waals surface area contributed by atoms with E-state index in [9.17, 15) is 14.4 Å². The van der Waals surface area contributed by atoms with Gasteiger partial charge in [-0.25, -0.2) is 0 Å². The van der Waals surface area contributed by atoms with Gasteiger partial charge in [-0.05, 0) is 36.8 Å². The fourth-order valence-corrected chi connectivity index (χ4v) is 4.54. The molecule has 10 heteroatoms. The fraction of sp³-hybridized carbons (Fsp3) is 0.115. The van der Waals surface area contributed by atoms with E-state index in [4.69, 9.17) is 0 Å². The minimum Gasteiger partial charge on any atom is -0.272 e. The Morgan fingerprint density at radius 2 is 1.61 bits per heavy atom. The maximum absolute atomic E-state index is 13.3. The molecule has 2 heterocycles. The predicted molar refractivity (Wildman–Crippen MR) is 138 cm³/mol. The first-order valence-corrected chi connectivity index (χ1v) is 12.2. The number of amides is 2. The van der Waals surface area contributed by atoms with Gasteiger partial charge in [-0.3, -0.25) is 34.2 Å². The highest BCUT2D eigenvalue weighted by atomic mass is 32.2. The van der Waals surface area contributed by atoms with Gasteiger partial charge in [-0.2, -0.15) is 0 Å². The molecule has 0 bridgehead atoms. The summed E-state index contributed by atoms with van der Waals surface area (Å²) in [5, 5.41) is 9.54. The van der Waals surface area contributed by atoms with E-state index < -0.39 is 11.8 Å². The second-order valence-corrected chi connectivity index (χ2v) is 9.11. The van der Waals surface area contributed by atoms with Crippen molar-refractivity contribution in [2.45, 2.75) is 18.6 Å². The van der Waals surface area contributed by atoms with Crippen molar-refractivity contribution in [1.82, 2.24) is 30.0 Å². The number of carbonyl (C=O) groups excluding carboxylic acids is 2. The standard InChI is InChI=1S/C26H22N6O3S/c1-17-11-13-18(14-12-17)15-31-24(35)20-9-5-6-10-21(20)32-25(31)29-30-26(32)36-16-22(33)27-28-23(34)19-7-3-2-4-8-19/h2-14H,15-16H2,1H3,(H,27,33)(H,28,34). The van der Waals surface area contributed by atoms with E-state index in [-0.39, 0.29) is 11.3 Å². The second kappa shape index (κ2) is 10.0. The number of para-hydroxylation sites is 1. The van der Waals surface area contributed by atoms with Crippen LogP contribution in [0.4, 0.5) is 0 Å².